The predicted molar refractivity (Wildman–Crippen MR) is 95.5 cm³/mol. The molecule has 26 heavy (non-hydrogen) atoms. The molecule has 1 fully saturated rings. The highest BCUT2D eigenvalue weighted by atomic mass is 16.5. The molecule has 1 aromatic heterocycles. The topological polar surface area (TPSA) is 84.7 Å². The van der Waals surface area contributed by atoms with Gasteiger partial charge < -0.3 is 14.7 Å². The van der Waals surface area contributed by atoms with E-state index in [2.05, 4.69) is 5.10 Å². The summed E-state index contributed by atoms with van der Waals surface area (Å²) in [6, 6.07) is 5.97. The molecule has 0 aliphatic carbocycles. The summed E-state index contributed by atoms with van der Waals surface area (Å²) in [4.78, 5) is 25.5. The molecule has 3 rings (SSSR count). The Morgan fingerprint density at radius 3 is 2.65 bits per heavy atom. The lowest BCUT2D eigenvalue weighted by molar-refractivity contribution is -0.131. The van der Waals surface area contributed by atoms with E-state index in [0.717, 1.165) is 29.7 Å². The molecule has 138 valence electrons. The monoisotopic (exact) mass is 357 g/mol. The van der Waals surface area contributed by atoms with Crippen LogP contribution in [0.4, 0.5) is 0 Å². The number of amides is 1. The normalized spacial score (nSPS) is 15.1. The molecule has 1 saturated heterocycles. The minimum absolute atomic E-state index is 0.0824. The zero-order valence-corrected chi connectivity index (χ0v) is 15.0. The molecule has 0 bridgehead atoms. The average Bonchev–Trinajstić information content (AvgIpc) is 3.12. The molecule has 0 spiro atoms. The van der Waals surface area contributed by atoms with Crippen molar-refractivity contribution in [1.29, 1.82) is 0 Å². The maximum atomic E-state index is 12.7. The van der Waals surface area contributed by atoms with Gasteiger partial charge >= 0.3 is 5.97 Å². The lowest BCUT2D eigenvalue weighted by Gasteiger charge is -2.32. The van der Waals surface area contributed by atoms with Crippen molar-refractivity contribution in [2.45, 2.75) is 32.2 Å². The van der Waals surface area contributed by atoms with Gasteiger partial charge in [0.25, 0.3) is 0 Å². The number of aryl methyl sites for hydroxylation is 1. The van der Waals surface area contributed by atoms with Gasteiger partial charge in [-0.3, -0.25) is 9.48 Å². The maximum Gasteiger partial charge on any atom is 0.338 e. The van der Waals surface area contributed by atoms with E-state index in [1.807, 2.05) is 30.0 Å². The van der Waals surface area contributed by atoms with Crippen LogP contribution in [0.1, 0.15) is 40.4 Å². The average molecular weight is 357 g/mol. The summed E-state index contributed by atoms with van der Waals surface area (Å²) in [5.74, 6) is -0.161. The third-order valence-electron chi connectivity index (χ3n) is 4.82. The number of carboxylic acids is 1. The second-order valence-corrected chi connectivity index (χ2v) is 6.62. The molecule has 7 nitrogen and oxygen atoms in total. The SMILES string of the molecule is COc1ccc(C)cc1CC(=O)N1CCC(n2cc(C(=O)O)cn2)CC1. The fourth-order valence-electron chi connectivity index (χ4n) is 3.35. The zero-order chi connectivity index (χ0) is 18.7. The Balaban J connectivity index is 1.60. The molecule has 1 N–H and O–H groups in total. The molecular formula is C19H23N3O4. The van der Waals surface area contributed by atoms with Crippen molar-refractivity contribution >= 4 is 11.9 Å². The third-order valence-corrected chi connectivity index (χ3v) is 4.82. The Hall–Kier alpha value is -2.83. The summed E-state index contributed by atoms with van der Waals surface area (Å²) in [7, 11) is 1.61. The lowest BCUT2D eigenvalue weighted by Crippen LogP contribution is -2.40. The van der Waals surface area contributed by atoms with E-state index in [1.54, 1.807) is 18.0 Å². The predicted octanol–water partition coefficient (Wildman–Crippen LogP) is 2.30. The van der Waals surface area contributed by atoms with Gasteiger partial charge in [-0.2, -0.15) is 5.10 Å². The number of ether oxygens (including phenoxy) is 1. The van der Waals surface area contributed by atoms with E-state index in [1.165, 1.54) is 6.20 Å². The Morgan fingerprint density at radius 1 is 1.31 bits per heavy atom. The van der Waals surface area contributed by atoms with Crippen molar-refractivity contribution in [2.75, 3.05) is 20.2 Å². The van der Waals surface area contributed by atoms with Crippen LogP contribution in [0.3, 0.4) is 0 Å². The van der Waals surface area contributed by atoms with Crippen LogP contribution in [-0.2, 0) is 11.2 Å². The molecular weight excluding hydrogens is 334 g/mol. The third kappa shape index (κ3) is 3.87. The molecule has 7 heteroatoms. The number of hydrogen-bond acceptors (Lipinski definition) is 4. The van der Waals surface area contributed by atoms with Gasteiger partial charge in [0.05, 0.1) is 31.3 Å². The summed E-state index contributed by atoms with van der Waals surface area (Å²) < 4.78 is 7.06. The number of nitrogens with zero attached hydrogens (tertiary/aromatic N) is 3. The number of methoxy groups -OCH3 is 1. The molecule has 1 amide bonds. The smallest absolute Gasteiger partial charge is 0.338 e. The number of hydrogen-bond donors (Lipinski definition) is 1. The van der Waals surface area contributed by atoms with Gasteiger partial charge in [0.1, 0.15) is 5.75 Å². The molecule has 0 saturated carbocycles. The van der Waals surface area contributed by atoms with Gasteiger partial charge in [0.15, 0.2) is 0 Å². The lowest BCUT2D eigenvalue weighted by atomic mass is 10.0. The number of benzene rings is 1. The Labute approximate surface area is 152 Å². The van der Waals surface area contributed by atoms with Crippen LogP contribution in [0, 0.1) is 6.92 Å². The Kier molecular flexibility index (Phi) is 5.25. The van der Waals surface area contributed by atoms with E-state index < -0.39 is 5.97 Å². The fourth-order valence-corrected chi connectivity index (χ4v) is 3.35. The number of aromatic nitrogens is 2. The fraction of sp³-hybridized carbons (Fsp3) is 0.421. The number of carboxylic acid groups (broad SMARTS) is 1. The van der Waals surface area contributed by atoms with Crippen LogP contribution in [0.15, 0.2) is 30.6 Å². The molecule has 1 aromatic carbocycles. The van der Waals surface area contributed by atoms with Crippen LogP contribution in [-0.4, -0.2) is 51.9 Å². The van der Waals surface area contributed by atoms with Gasteiger partial charge in [-0.25, -0.2) is 4.79 Å². The van der Waals surface area contributed by atoms with Crippen molar-refractivity contribution in [2.24, 2.45) is 0 Å². The molecule has 0 radical (unpaired) electrons. The summed E-state index contributed by atoms with van der Waals surface area (Å²) in [6.07, 6.45) is 4.77. The van der Waals surface area contributed by atoms with Crippen molar-refractivity contribution in [1.82, 2.24) is 14.7 Å². The highest BCUT2D eigenvalue weighted by molar-refractivity contribution is 5.86. The first kappa shape index (κ1) is 18.0. The first-order valence-corrected chi connectivity index (χ1v) is 8.66. The van der Waals surface area contributed by atoms with Crippen LogP contribution < -0.4 is 4.74 Å². The number of piperidine rings is 1. The van der Waals surface area contributed by atoms with Crippen LogP contribution >= 0.6 is 0 Å². The highest BCUT2D eigenvalue weighted by Gasteiger charge is 2.25. The Morgan fingerprint density at radius 2 is 2.04 bits per heavy atom. The van der Waals surface area contributed by atoms with E-state index in [9.17, 15) is 9.59 Å². The van der Waals surface area contributed by atoms with Crippen LogP contribution in [0.5, 0.6) is 5.75 Å². The minimum atomic E-state index is -0.976. The first-order chi connectivity index (χ1) is 12.5. The van der Waals surface area contributed by atoms with Crippen molar-refractivity contribution in [3.05, 3.63) is 47.3 Å². The second-order valence-electron chi connectivity index (χ2n) is 6.62. The van der Waals surface area contributed by atoms with E-state index >= 15 is 0 Å². The maximum absolute atomic E-state index is 12.7. The van der Waals surface area contributed by atoms with E-state index in [-0.39, 0.29) is 17.5 Å². The van der Waals surface area contributed by atoms with Crippen LogP contribution in [0.25, 0.3) is 0 Å². The quantitative estimate of drug-likeness (QED) is 0.888. The molecule has 0 atom stereocenters. The van der Waals surface area contributed by atoms with Gasteiger partial charge in [0, 0.05) is 24.8 Å². The number of carbonyl (C=O) groups excluding carboxylic acids is 1. The van der Waals surface area contributed by atoms with Gasteiger partial charge in [0.2, 0.25) is 5.91 Å². The Bertz CT molecular complexity index is 807. The number of rotatable bonds is 5. The number of carbonyl (C=O) groups is 2. The van der Waals surface area contributed by atoms with Gasteiger partial charge in [-0.05, 0) is 25.8 Å². The zero-order valence-electron chi connectivity index (χ0n) is 15.0. The first-order valence-electron chi connectivity index (χ1n) is 8.66. The van der Waals surface area contributed by atoms with Crippen molar-refractivity contribution in [3.8, 4) is 5.75 Å². The molecule has 2 heterocycles. The largest absolute Gasteiger partial charge is 0.496 e. The van der Waals surface area contributed by atoms with Gasteiger partial charge in [-0.1, -0.05) is 17.7 Å². The summed E-state index contributed by atoms with van der Waals surface area (Å²) in [6.45, 7) is 3.27. The van der Waals surface area contributed by atoms with Crippen LogP contribution in [0.2, 0.25) is 0 Å². The minimum Gasteiger partial charge on any atom is -0.496 e. The van der Waals surface area contributed by atoms with E-state index in [4.69, 9.17) is 9.84 Å². The second kappa shape index (κ2) is 7.59. The number of aromatic carboxylic acids is 1. The summed E-state index contributed by atoms with van der Waals surface area (Å²) >= 11 is 0. The molecule has 0 unspecified atom stereocenters. The number of likely N-dealkylation sites (tertiary alicyclic amines) is 1. The van der Waals surface area contributed by atoms with Gasteiger partial charge in [-0.15, -0.1) is 0 Å². The summed E-state index contributed by atoms with van der Waals surface area (Å²) in [5.41, 5.74) is 2.19. The highest BCUT2D eigenvalue weighted by Crippen LogP contribution is 2.25. The standard InChI is InChI=1S/C19H23N3O4/c1-13-3-4-17(26-2)14(9-13)10-18(23)21-7-5-16(6-8-21)22-12-15(11-20-22)19(24)25/h3-4,9,11-12,16H,5-8,10H2,1-2H3,(H,24,25). The molecule has 1 aliphatic rings. The molecule has 2 aromatic rings. The summed E-state index contributed by atoms with van der Waals surface area (Å²) in [5, 5.41) is 13.1. The molecule has 1 aliphatic heterocycles. The van der Waals surface area contributed by atoms with E-state index in [0.29, 0.717) is 19.5 Å². The van der Waals surface area contributed by atoms with Crippen molar-refractivity contribution in [3.63, 3.8) is 0 Å². The van der Waals surface area contributed by atoms with Crippen molar-refractivity contribution < 1.29 is 19.4 Å².